The van der Waals surface area contributed by atoms with Crippen molar-refractivity contribution in [2.75, 3.05) is 24.5 Å². The van der Waals surface area contributed by atoms with E-state index in [1.54, 1.807) is 0 Å². The summed E-state index contributed by atoms with van der Waals surface area (Å²) in [6.45, 7) is 16.8. The maximum Gasteiger partial charge on any atom is 0.262 e. The fourth-order valence-electron chi connectivity index (χ4n) is 13.1. The standard InChI is InChI=1S/C74H58BN5O3/c1-43-9-23-51(24-10-43)76(52-25-11-44(2)12-26-52)57-39-60-68-61(40-57)80-59-36-22-50(8)38-65(59)83-74-63(78(55-31-17-47(5)18-32-55)56-33-19-48(6)20-34-56)42-67-70(72(74)80)75(68)69-66(81-67)41-62(73-71(69)79(60)58-35-21-49(7)37-64(58)82-73)77(53-27-13-45(3)14-28-53)54-29-15-46(4)16-30-54/h9-42H,1-8H3. The molecule has 5 aliphatic heterocycles. The molecule has 5 aliphatic rings. The molecule has 0 saturated carbocycles. The minimum Gasteiger partial charge on any atom is -0.458 e. The van der Waals surface area contributed by atoms with E-state index < -0.39 is 0 Å². The Labute approximate surface area is 485 Å². The quantitative estimate of drug-likeness (QED) is 0.133. The van der Waals surface area contributed by atoms with Gasteiger partial charge in [-0.15, -0.1) is 0 Å². The fraction of sp³-hybridized carbons (Fsp3) is 0.108. The van der Waals surface area contributed by atoms with Gasteiger partial charge in [-0.2, -0.15) is 0 Å². The first-order valence-corrected chi connectivity index (χ1v) is 28.7. The molecule has 400 valence electrons. The van der Waals surface area contributed by atoms with Crippen molar-refractivity contribution < 1.29 is 14.2 Å². The Balaban J connectivity index is 1.06. The summed E-state index contributed by atoms with van der Waals surface area (Å²) in [5, 5.41) is 0. The number of hydrogen-bond acceptors (Lipinski definition) is 8. The van der Waals surface area contributed by atoms with Gasteiger partial charge < -0.3 is 38.7 Å². The second-order valence-electron chi connectivity index (χ2n) is 23.2. The van der Waals surface area contributed by atoms with E-state index in [-0.39, 0.29) is 6.71 Å². The van der Waals surface area contributed by atoms with Gasteiger partial charge in [0.15, 0.2) is 23.0 Å². The lowest BCUT2D eigenvalue weighted by Crippen LogP contribution is -2.64. The number of aryl methyl sites for hydroxylation is 8. The maximum absolute atomic E-state index is 7.78. The van der Waals surface area contributed by atoms with Crippen LogP contribution in [0, 0.1) is 55.4 Å². The molecule has 0 fully saturated rings. The first kappa shape index (κ1) is 48.8. The van der Waals surface area contributed by atoms with Gasteiger partial charge in [0.25, 0.3) is 6.71 Å². The summed E-state index contributed by atoms with van der Waals surface area (Å²) in [5.41, 5.74) is 27.3. The molecule has 8 nitrogen and oxygen atoms in total. The van der Waals surface area contributed by atoms with Crippen molar-refractivity contribution >= 4 is 108 Å². The van der Waals surface area contributed by atoms with Crippen molar-refractivity contribution in [1.29, 1.82) is 0 Å². The van der Waals surface area contributed by atoms with Crippen molar-refractivity contribution in [2.24, 2.45) is 0 Å². The van der Waals surface area contributed by atoms with Gasteiger partial charge in [0.05, 0.1) is 39.8 Å². The molecule has 5 heterocycles. The van der Waals surface area contributed by atoms with E-state index in [2.05, 4.69) is 286 Å². The van der Waals surface area contributed by atoms with Gasteiger partial charge in [0, 0.05) is 68.6 Å². The fourth-order valence-corrected chi connectivity index (χ4v) is 13.1. The first-order valence-electron chi connectivity index (χ1n) is 28.7. The normalized spacial score (nSPS) is 13.0. The molecular formula is C74H58BN5O3. The van der Waals surface area contributed by atoms with Gasteiger partial charge in [-0.25, -0.2) is 0 Å². The monoisotopic (exact) mass is 1080 g/mol. The average molecular weight is 1080 g/mol. The van der Waals surface area contributed by atoms with Crippen LogP contribution in [0.3, 0.4) is 0 Å². The van der Waals surface area contributed by atoms with Crippen LogP contribution in [-0.2, 0) is 0 Å². The Morgan fingerprint density at radius 3 is 0.892 bits per heavy atom. The molecule has 0 amide bonds. The van der Waals surface area contributed by atoms with E-state index in [4.69, 9.17) is 14.2 Å². The second-order valence-corrected chi connectivity index (χ2v) is 23.2. The predicted octanol–water partition coefficient (Wildman–Crippen LogP) is 19.0. The smallest absolute Gasteiger partial charge is 0.262 e. The first-order chi connectivity index (χ1) is 40.4. The van der Waals surface area contributed by atoms with E-state index >= 15 is 0 Å². The highest BCUT2D eigenvalue weighted by Crippen LogP contribution is 2.64. The minimum absolute atomic E-state index is 0.316. The molecule has 16 rings (SSSR count). The second kappa shape index (κ2) is 18.2. The van der Waals surface area contributed by atoms with Crippen LogP contribution in [0.2, 0.25) is 0 Å². The van der Waals surface area contributed by atoms with Crippen LogP contribution in [0.25, 0.3) is 0 Å². The summed E-state index contributed by atoms with van der Waals surface area (Å²) >= 11 is 0. The highest BCUT2D eigenvalue weighted by molar-refractivity contribution is 7.02. The molecule has 9 heteroatoms. The zero-order valence-corrected chi connectivity index (χ0v) is 47.7. The number of hydrogen-bond donors (Lipinski definition) is 0. The van der Waals surface area contributed by atoms with Gasteiger partial charge in [0.1, 0.15) is 11.5 Å². The third-order valence-electron chi connectivity index (χ3n) is 17.2. The van der Waals surface area contributed by atoms with Crippen molar-refractivity contribution in [2.45, 2.75) is 55.4 Å². The Hall–Kier alpha value is -10.1. The molecule has 11 aromatic carbocycles. The molecule has 0 atom stereocenters. The van der Waals surface area contributed by atoms with Crippen LogP contribution < -0.4 is 55.1 Å². The molecule has 0 spiro atoms. The number of fused-ring (bicyclic) bond motifs is 6. The summed E-state index contributed by atoms with van der Waals surface area (Å²) in [5.74, 6) is 4.56. The molecule has 0 saturated heterocycles. The van der Waals surface area contributed by atoms with Gasteiger partial charge >= 0.3 is 0 Å². The van der Waals surface area contributed by atoms with Crippen LogP contribution in [0.15, 0.2) is 206 Å². The van der Waals surface area contributed by atoms with Crippen LogP contribution in [0.5, 0.6) is 34.5 Å². The average Bonchev–Trinajstić information content (AvgIpc) is 0.782. The molecule has 0 aliphatic carbocycles. The summed E-state index contributed by atoms with van der Waals surface area (Å²) in [4.78, 5) is 12.1. The van der Waals surface area contributed by atoms with E-state index in [1.165, 1.54) is 38.8 Å². The lowest BCUT2D eigenvalue weighted by Gasteiger charge is -2.50. The van der Waals surface area contributed by atoms with Crippen LogP contribution in [0.1, 0.15) is 44.5 Å². The highest BCUT2D eigenvalue weighted by atomic mass is 16.5. The largest absolute Gasteiger partial charge is 0.458 e. The van der Waals surface area contributed by atoms with Crippen LogP contribution >= 0.6 is 0 Å². The Morgan fingerprint density at radius 1 is 0.265 bits per heavy atom. The minimum atomic E-state index is -0.316. The SMILES string of the molecule is Cc1ccc(N(c2ccc(C)cc2)c2cc3c4c(c2)N2c5ccc(C)cc5Oc5c(N(c6ccc(C)cc6)c6ccc(C)cc6)cc6c(c52)B4c2c(cc(N(c4ccc(C)cc4)c4ccc(C)cc4)c4c2N3c2ccc(C)cc2O4)O6)cc1. The third-order valence-corrected chi connectivity index (χ3v) is 17.2. The molecule has 0 unspecified atom stereocenters. The molecule has 0 N–H and O–H groups in total. The Morgan fingerprint density at radius 2 is 0.566 bits per heavy atom. The zero-order valence-electron chi connectivity index (χ0n) is 47.7. The zero-order chi connectivity index (χ0) is 56.1. The summed E-state index contributed by atoms with van der Waals surface area (Å²) < 4.78 is 22.9. The summed E-state index contributed by atoms with van der Waals surface area (Å²) in [6.07, 6.45) is 0. The number of ether oxygens (including phenoxy) is 3. The lowest BCUT2D eigenvalue weighted by molar-refractivity contribution is 0.463. The lowest BCUT2D eigenvalue weighted by atomic mass is 9.32. The molecule has 0 bridgehead atoms. The number of nitrogens with zero attached hydrogens (tertiary/aromatic N) is 5. The molecule has 83 heavy (non-hydrogen) atoms. The van der Waals surface area contributed by atoms with Crippen LogP contribution in [0.4, 0.5) is 85.3 Å². The number of anilines is 15. The van der Waals surface area contributed by atoms with E-state index in [1.807, 2.05) is 0 Å². The van der Waals surface area contributed by atoms with Crippen molar-refractivity contribution in [1.82, 2.24) is 0 Å². The number of benzene rings is 11. The van der Waals surface area contributed by atoms with E-state index in [0.29, 0.717) is 0 Å². The number of rotatable bonds is 9. The van der Waals surface area contributed by atoms with Gasteiger partial charge in [-0.3, -0.25) is 0 Å². The topological polar surface area (TPSA) is 43.9 Å². The molecule has 0 radical (unpaired) electrons. The summed E-state index contributed by atoms with van der Waals surface area (Å²) in [6, 6.07) is 75.5. The third kappa shape index (κ3) is 7.53. The van der Waals surface area contributed by atoms with Crippen molar-refractivity contribution in [3.8, 4) is 34.5 Å². The Bertz CT molecular complexity index is 4130. The highest BCUT2D eigenvalue weighted by Gasteiger charge is 2.54. The van der Waals surface area contributed by atoms with Gasteiger partial charge in [-0.05, 0) is 181 Å². The Kier molecular flexibility index (Phi) is 10.7. The molecule has 0 aromatic heterocycles. The van der Waals surface area contributed by atoms with Gasteiger partial charge in [-0.1, -0.05) is 118 Å². The van der Waals surface area contributed by atoms with E-state index in [9.17, 15) is 0 Å². The predicted molar refractivity (Wildman–Crippen MR) is 343 cm³/mol. The van der Waals surface area contributed by atoms with Crippen molar-refractivity contribution in [3.05, 3.63) is 251 Å². The van der Waals surface area contributed by atoms with E-state index in [0.717, 1.165) is 142 Å². The molecular weight excluding hydrogens is 1020 g/mol. The molecule has 11 aromatic rings. The van der Waals surface area contributed by atoms with Crippen LogP contribution in [-0.4, -0.2) is 6.71 Å². The maximum atomic E-state index is 7.78. The summed E-state index contributed by atoms with van der Waals surface area (Å²) in [7, 11) is 0. The van der Waals surface area contributed by atoms with Gasteiger partial charge in [0.2, 0.25) is 0 Å². The van der Waals surface area contributed by atoms with Crippen molar-refractivity contribution in [3.63, 3.8) is 0 Å².